The average molecular weight is 444 g/mol. The van der Waals surface area contributed by atoms with E-state index in [0.717, 1.165) is 30.4 Å². The van der Waals surface area contributed by atoms with Crippen molar-refractivity contribution in [1.82, 2.24) is 14.5 Å². The molecule has 0 radical (unpaired) electrons. The highest BCUT2D eigenvalue weighted by atomic mass is 127. The Labute approximate surface area is 152 Å². The van der Waals surface area contributed by atoms with Gasteiger partial charge in [0.05, 0.1) is 5.39 Å². The van der Waals surface area contributed by atoms with Gasteiger partial charge in [0.2, 0.25) is 11.6 Å². The van der Waals surface area contributed by atoms with Crippen molar-refractivity contribution in [2.24, 2.45) is 0 Å². The Hall–Kier alpha value is -1.61. The number of pyridine rings is 1. The van der Waals surface area contributed by atoms with Crippen molar-refractivity contribution in [3.8, 4) is 0 Å². The minimum atomic E-state index is 0.118. The van der Waals surface area contributed by atoms with E-state index in [9.17, 15) is 5.21 Å². The van der Waals surface area contributed by atoms with Gasteiger partial charge in [0.15, 0.2) is 6.20 Å². The van der Waals surface area contributed by atoms with Crippen LogP contribution in [0.25, 0.3) is 11.0 Å². The maximum absolute atomic E-state index is 12.3. The first-order chi connectivity index (χ1) is 10.8. The van der Waals surface area contributed by atoms with Gasteiger partial charge in [-0.1, -0.05) is 11.6 Å². The summed E-state index contributed by atoms with van der Waals surface area (Å²) in [4.78, 5) is 8.28. The molecule has 0 bridgehead atoms. The van der Waals surface area contributed by atoms with E-state index in [1.54, 1.807) is 6.20 Å². The molecule has 3 aromatic heterocycles. The number of hydrogen-bond donors (Lipinski definition) is 1. The monoisotopic (exact) mass is 443 g/mol. The van der Waals surface area contributed by atoms with E-state index in [2.05, 4.69) is 32.6 Å². The van der Waals surface area contributed by atoms with Gasteiger partial charge in [-0.2, -0.15) is 9.71 Å². The van der Waals surface area contributed by atoms with Gasteiger partial charge in [-0.05, 0) is 48.9 Å². The molecule has 0 fully saturated rings. The van der Waals surface area contributed by atoms with Gasteiger partial charge in [-0.15, -0.1) is 0 Å². The Balaban J connectivity index is 2.19. The molecule has 2 N–H and O–H groups in total. The zero-order chi connectivity index (χ0) is 16.9. The summed E-state index contributed by atoms with van der Waals surface area (Å²) < 4.78 is 3.89. The zero-order valence-electron chi connectivity index (χ0n) is 12.9. The SMILES string of the molecule is Cc1c[n+]([O-])c(Cn2cc(C)c3c(Cl)nc(N)nc32)c(C)c1I. The second kappa shape index (κ2) is 5.79. The van der Waals surface area contributed by atoms with E-state index in [4.69, 9.17) is 17.3 Å². The third kappa shape index (κ3) is 2.72. The molecule has 120 valence electrons. The van der Waals surface area contributed by atoms with E-state index in [0.29, 0.717) is 23.0 Å². The molecule has 0 saturated heterocycles. The summed E-state index contributed by atoms with van der Waals surface area (Å²) in [5.74, 6) is 0.118. The molecule has 8 heteroatoms. The van der Waals surface area contributed by atoms with Gasteiger partial charge in [0, 0.05) is 20.9 Å². The molecule has 3 heterocycles. The van der Waals surface area contributed by atoms with Crippen LogP contribution in [0.3, 0.4) is 0 Å². The minimum absolute atomic E-state index is 0.118. The number of nitrogen functional groups attached to an aromatic ring is 1. The number of halogens is 2. The number of aryl methyl sites for hydroxylation is 2. The summed E-state index contributed by atoms with van der Waals surface area (Å²) in [6, 6.07) is 0. The summed E-state index contributed by atoms with van der Waals surface area (Å²) >= 11 is 8.44. The molecule has 0 saturated carbocycles. The fourth-order valence-electron chi connectivity index (χ4n) is 2.71. The lowest BCUT2D eigenvalue weighted by Gasteiger charge is -2.12. The lowest BCUT2D eigenvalue weighted by molar-refractivity contribution is -0.615. The Morgan fingerprint density at radius 2 is 2.00 bits per heavy atom. The summed E-state index contributed by atoms with van der Waals surface area (Å²) in [7, 11) is 0. The highest BCUT2D eigenvalue weighted by molar-refractivity contribution is 14.1. The number of aromatic nitrogens is 4. The van der Waals surface area contributed by atoms with Crippen molar-refractivity contribution in [1.29, 1.82) is 0 Å². The molecule has 0 aliphatic heterocycles. The van der Waals surface area contributed by atoms with Gasteiger partial charge in [-0.3, -0.25) is 0 Å². The molecule has 0 amide bonds. The Morgan fingerprint density at radius 3 is 2.70 bits per heavy atom. The third-order valence-corrected chi connectivity index (χ3v) is 5.82. The van der Waals surface area contributed by atoms with Gasteiger partial charge in [0.1, 0.15) is 17.3 Å². The van der Waals surface area contributed by atoms with Crippen molar-refractivity contribution < 1.29 is 4.73 Å². The third-order valence-electron chi connectivity index (χ3n) is 3.88. The first-order valence-electron chi connectivity index (χ1n) is 6.95. The number of nitrogens with two attached hydrogens (primary N) is 1. The van der Waals surface area contributed by atoms with Crippen LogP contribution in [0.15, 0.2) is 12.4 Å². The molecular weight excluding hydrogens is 429 g/mol. The van der Waals surface area contributed by atoms with Crippen molar-refractivity contribution in [3.63, 3.8) is 0 Å². The van der Waals surface area contributed by atoms with Crippen LogP contribution in [-0.4, -0.2) is 14.5 Å². The topological polar surface area (TPSA) is 83.7 Å². The van der Waals surface area contributed by atoms with E-state index in [-0.39, 0.29) is 5.95 Å². The van der Waals surface area contributed by atoms with Crippen LogP contribution >= 0.6 is 34.2 Å². The van der Waals surface area contributed by atoms with Gasteiger partial charge in [0.25, 0.3) is 0 Å². The van der Waals surface area contributed by atoms with Crippen LogP contribution in [0, 0.1) is 29.5 Å². The van der Waals surface area contributed by atoms with E-state index in [1.165, 1.54) is 0 Å². The van der Waals surface area contributed by atoms with Crippen molar-refractivity contribution in [2.45, 2.75) is 27.3 Å². The molecule has 0 unspecified atom stereocenters. The lowest BCUT2D eigenvalue weighted by atomic mass is 10.1. The van der Waals surface area contributed by atoms with Crippen LogP contribution < -0.4 is 10.5 Å². The van der Waals surface area contributed by atoms with Crippen LogP contribution in [0.4, 0.5) is 5.95 Å². The van der Waals surface area contributed by atoms with Crippen LogP contribution in [0.5, 0.6) is 0 Å². The standard InChI is InChI=1S/C15H15ClIN5O/c1-7-4-21(14-11(7)13(16)19-15(18)20-14)6-10-9(3)12(17)8(2)5-22(10)23/h4-5H,6H2,1-3H3,(H2,18,19,20). The summed E-state index contributed by atoms with van der Waals surface area (Å²) in [6.07, 6.45) is 3.51. The fraction of sp³-hybridized carbons (Fsp3) is 0.267. The smallest absolute Gasteiger partial charge is 0.223 e. The summed E-state index contributed by atoms with van der Waals surface area (Å²) in [5.41, 5.74) is 9.89. The maximum Gasteiger partial charge on any atom is 0.223 e. The molecule has 0 aromatic carbocycles. The first-order valence-corrected chi connectivity index (χ1v) is 8.41. The molecule has 0 atom stereocenters. The number of nitrogens with zero attached hydrogens (tertiary/aromatic N) is 4. The molecule has 3 aromatic rings. The van der Waals surface area contributed by atoms with Gasteiger partial charge < -0.3 is 15.5 Å². The number of fused-ring (bicyclic) bond motifs is 1. The van der Waals surface area contributed by atoms with Crippen molar-refractivity contribution in [2.75, 3.05) is 5.73 Å². The van der Waals surface area contributed by atoms with Crippen molar-refractivity contribution in [3.05, 3.63) is 48.7 Å². The van der Waals surface area contributed by atoms with E-state index in [1.807, 2.05) is 31.5 Å². The van der Waals surface area contributed by atoms with E-state index < -0.39 is 0 Å². The highest BCUT2D eigenvalue weighted by Gasteiger charge is 2.19. The first kappa shape index (κ1) is 16.3. The quantitative estimate of drug-likeness (QED) is 0.286. The average Bonchev–Trinajstić information content (AvgIpc) is 2.77. The Kier molecular flexibility index (Phi) is 4.09. The minimum Gasteiger partial charge on any atom is -0.618 e. The second-order valence-electron chi connectivity index (χ2n) is 5.53. The number of rotatable bonds is 2. The fourth-order valence-corrected chi connectivity index (χ4v) is 3.48. The molecule has 6 nitrogen and oxygen atoms in total. The van der Waals surface area contributed by atoms with Crippen LogP contribution in [0.1, 0.15) is 22.4 Å². The van der Waals surface area contributed by atoms with Crippen LogP contribution in [-0.2, 0) is 6.54 Å². The molecular formula is C15H15ClIN5O. The van der Waals surface area contributed by atoms with E-state index >= 15 is 0 Å². The van der Waals surface area contributed by atoms with Gasteiger partial charge >= 0.3 is 0 Å². The summed E-state index contributed by atoms with van der Waals surface area (Å²) in [5, 5.41) is 13.4. The molecule has 23 heavy (non-hydrogen) atoms. The molecule has 0 aliphatic carbocycles. The summed E-state index contributed by atoms with van der Waals surface area (Å²) in [6.45, 7) is 6.20. The number of anilines is 1. The maximum atomic E-state index is 12.3. The second-order valence-corrected chi connectivity index (χ2v) is 6.97. The predicted molar refractivity (Wildman–Crippen MR) is 98.4 cm³/mol. The normalized spacial score (nSPS) is 11.3. The Morgan fingerprint density at radius 1 is 1.30 bits per heavy atom. The van der Waals surface area contributed by atoms with Crippen molar-refractivity contribution >= 4 is 51.2 Å². The largest absolute Gasteiger partial charge is 0.618 e. The molecule has 3 rings (SSSR count). The predicted octanol–water partition coefficient (Wildman–Crippen LogP) is 2.88. The highest BCUT2D eigenvalue weighted by Crippen LogP contribution is 2.27. The van der Waals surface area contributed by atoms with Gasteiger partial charge in [-0.25, -0.2) is 4.98 Å². The van der Waals surface area contributed by atoms with Crippen LogP contribution in [0.2, 0.25) is 5.15 Å². The Bertz CT molecular complexity index is 938. The molecule has 0 spiro atoms. The molecule has 0 aliphatic rings. The zero-order valence-corrected chi connectivity index (χ0v) is 15.8. The number of hydrogen-bond acceptors (Lipinski definition) is 4. The lowest BCUT2D eigenvalue weighted by Crippen LogP contribution is -2.35.